The molecule has 1 amide bonds. The molecule has 0 aliphatic carbocycles. The molecule has 6 nitrogen and oxygen atoms in total. The summed E-state index contributed by atoms with van der Waals surface area (Å²) in [5.41, 5.74) is 0.773. The minimum absolute atomic E-state index is 0.0462. The first-order valence-corrected chi connectivity index (χ1v) is 10.1. The average molecular weight is 435 g/mol. The van der Waals surface area contributed by atoms with Gasteiger partial charge in [-0.1, -0.05) is 37.8 Å². The van der Waals surface area contributed by atoms with Crippen LogP contribution in [0.4, 0.5) is 5.69 Å². The van der Waals surface area contributed by atoms with Crippen molar-refractivity contribution in [2.75, 3.05) is 11.9 Å². The molecule has 0 saturated heterocycles. The summed E-state index contributed by atoms with van der Waals surface area (Å²) in [5, 5.41) is 14.6. The SMILES string of the molecule is CCCCCCOc1ccc(C(=O)NC(=S)Nc2ccc(Cl)c(C(=O)O)c2)cc1. The first-order chi connectivity index (χ1) is 13.9. The number of unbranched alkanes of at least 4 members (excludes halogenated alkanes) is 3. The molecular formula is C21H23ClN2O4S. The van der Waals surface area contributed by atoms with Gasteiger partial charge in [-0.15, -0.1) is 0 Å². The highest BCUT2D eigenvalue weighted by Crippen LogP contribution is 2.20. The molecule has 0 atom stereocenters. The standard InChI is InChI=1S/C21H23ClN2O4S/c1-2-3-4-5-12-28-16-9-6-14(7-10-16)19(25)24-21(29)23-15-8-11-18(22)17(13-15)20(26)27/h6-11,13H,2-5,12H2,1H3,(H,26,27)(H2,23,24,25,29). The summed E-state index contributed by atoms with van der Waals surface area (Å²) in [7, 11) is 0. The van der Waals surface area contributed by atoms with E-state index in [0.717, 1.165) is 12.8 Å². The van der Waals surface area contributed by atoms with Gasteiger partial charge in [0.25, 0.3) is 5.91 Å². The number of amides is 1. The zero-order valence-electron chi connectivity index (χ0n) is 16.0. The summed E-state index contributed by atoms with van der Waals surface area (Å²) >= 11 is 11.0. The smallest absolute Gasteiger partial charge is 0.337 e. The zero-order valence-corrected chi connectivity index (χ0v) is 17.6. The maximum absolute atomic E-state index is 12.3. The monoisotopic (exact) mass is 434 g/mol. The molecule has 2 aromatic rings. The fourth-order valence-electron chi connectivity index (χ4n) is 2.53. The van der Waals surface area contributed by atoms with E-state index in [9.17, 15) is 9.59 Å². The molecule has 0 bridgehead atoms. The van der Waals surface area contributed by atoms with E-state index >= 15 is 0 Å². The van der Waals surface area contributed by atoms with Gasteiger partial charge in [-0.05, 0) is 61.1 Å². The van der Waals surface area contributed by atoms with Gasteiger partial charge in [-0.2, -0.15) is 0 Å². The van der Waals surface area contributed by atoms with Crippen LogP contribution in [0, 0.1) is 0 Å². The summed E-state index contributed by atoms with van der Waals surface area (Å²) in [6, 6.07) is 11.1. The van der Waals surface area contributed by atoms with Crippen LogP contribution >= 0.6 is 23.8 Å². The minimum Gasteiger partial charge on any atom is -0.494 e. The van der Waals surface area contributed by atoms with Crippen molar-refractivity contribution in [3.63, 3.8) is 0 Å². The van der Waals surface area contributed by atoms with Gasteiger partial charge in [0.15, 0.2) is 5.11 Å². The van der Waals surface area contributed by atoms with Crippen LogP contribution < -0.4 is 15.4 Å². The molecule has 8 heteroatoms. The fourth-order valence-corrected chi connectivity index (χ4v) is 2.93. The number of benzene rings is 2. The predicted octanol–water partition coefficient (Wildman–Crippen LogP) is 5.12. The number of hydrogen-bond donors (Lipinski definition) is 3. The van der Waals surface area contributed by atoms with E-state index < -0.39 is 5.97 Å². The van der Waals surface area contributed by atoms with Crippen molar-refractivity contribution in [2.45, 2.75) is 32.6 Å². The number of thiocarbonyl (C=S) groups is 1. The number of rotatable bonds is 9. The summed E-state index contributed by atoms with van der Waals surface area (Å²) in [4.78, 5) is 23.5. The summed E-state index contributed by atoms with van der Waals surface area (Å²) < 4.78 is 5.66. The molecule has 2 aromatic carbocycles. The molecule has 2 rings (SSSR count). The number of halogens is 1. The van der Waals surface area contributed by atoms with E-state index in [-0.39, 0.29) is 21.6 Å². The minimum atomic E-state index is -1.15. The summed E-state index contributed by atoms with van der Waals surface area (Å²) in [5.74, 6) is -0.827. The van der Waals surface area contributed by atoms with Gasteiger partial charge in [0, 0.05) is 11.3 Å². The number of nitrogens with one attached hydrogen (secondary N) is 2. The Bertz CT molecular complexity index is 871. The van der Waals surface area contributed by atoms with Crippen molar-refractivity contribution in [3.8, 4) is 5.75 Å². The number of ether oxygens (including phenoxy) is 1. The molecule has 0 aliphatic rings. The molecule has 3 N–H and O–H groups in total. The van der Waals surface area contributed by atoms with E-state index in [1.807, 2.05) is 0 Å². The molecule has 0 saturated carbocycles. The van der Waals surface area contributed by atoms with Crippen LogP contribution in [-0.2, 0) is 0 Å². The molecule has 0 spiro atoms. The van der Waals surface area contributed by atoms with Crippen molar-refractivity contribution < 1.29 is 19.4 Å². The Kier molecular flexibility index (Phi) is 8.89. The Balaban J connectivity index is 1.87. The van der Waals surface area contributed by atoms with E-state index in [4.69, 9.17) is 33.7 Å². The third kappa shape index (κ3) is 7.36. The molecule has 0 aliphatic heterocycles. The van der Waals surface area contributed by atoms with Crippen LogP contribution in [-0.4, -0.2) is 28.7 Å². The maximum atomic E-state index is 12.3. The molecule has 29 heavy (non-hydrogen) atoms. The number of carbonyl (C=O) groups excluding carboxylic acids is 1. The van der Waals surface area contributed by atoms with Crippen LogP contribution in [0.1, 0.15) is 53.3 Å². The normalized spacial score (nSPS) is 10.3. The van der Waals surface area contributed by atoms with Crippen molar-refractivity contribution in [2.24, 2.45) is 0 Å². The zero-order chi connectivity index (χ0) is 21.2. The molecule has 0 unspecified atom stereocenters. The Morgan fingerprint density at radius 2 is 1.83 bits per heavy atom. The lowest BCUT2D eigenvalue weighted by Crippen LogP contribution is -2.34. The Labute approximate surface area is 180 Å². The predicted molar refractivity (Wildman–Crippen MR) is 118 cm³/mol. The van der Waals surface area contributed by atoms with Crippen LogP contribution in [0.2, 0.25) is 5.02 Å². The maximum Gasteiger partial charge on any atom is 0.337 e. The first-order valence-electron chi connectivity index (χ1n) is 9.28. The fraction of sp³-hybridized carbons (Fsp3) is 0.286. The Morgan fingerprint density at radius 1 is 1.10 bits per heavy atom. The number of carbonyl (C=O) groups is 2. The lowest BCUT2D eigenvalue weighted by molar-refractivity contribution is 0.0697. The van der Waals surface area contributed by atoms with Gasteiger partial charge in [-0.25, -0.2) is 4.79 Å². The lowest BCUT2D eigenvalue weighted by atomic mass is 10.2. The number of carboxylic acids is 1. The Hall–Kier alpha value is -2.64. The Morgan fingerprint density at radius 3 is 2.48 bits per heavy atom. The third-order valence-electron chi connectivity index (χ3n) is 4.06. The van der Waals surface area contributed by atoms with Gasteiger partial charge in [0.05, 0.1) is 17.2 Å². The van der Waals surface area contributed by atoms with Crippen LogP contribution in [0.25, 0.3) is 0 Å². The molecule has 154 valence electrons. The number of hydrogen-bond acceptors (Lipinski definition) is 4. The molecule has 0 aromatic heterocycles. The molecular weight excluding hydrogens is 412 g/mol. The van der Waals surface area contributed by atoms with Crippen molar-refractivity contribution >= 4 is 46.5 Å². The van der Waals surface area contributed by atoms with Gasteiger partial charge >= 0.3 is 5.97 Å². The van der Waals surface area contributed by atoms with Gasteiger partial charge in [-0.3, -0.25) is 10.1 Å². The highest BCUT2D eigenvalue weighted by molar-refractivity contribution is 7.80. The molecule has 0 radical (unpaired) electrons. The van der Waals surface area contributed by atoms with Crippen LogP contribution in [0.15, 0.2) is 42.5 Å². The van der Waals surface area contributed by atoms with Gasteiger partial charge < -0.3 is 15.2 Å². The largest absolute Gasteiger partial charge is 0.494 e. The number of aromatic carboxylic acids is 1. The van der Waals surface area contributed by atoms with Crippen molar-refractivity contribution in [1.29, 1.82) is 0 Å². The first kappa shape index (κ1) is 22.6. The average Bonchev–Trinajstić information content (AvgIpc) is 2.69. The lowest BCUT2D eigenvalue weighted by Gasteiger charge is -2.11. The third-order valence-corrected chi connectivity index (χ3v) is 4.60. The van der Waals surface area contributed by atoms with E-state index in [0.29, 0.717) is 23.6 Å². The summed E-state index contributed by atoms with van der Waals surface area (Å²) in [6.45, 7) is 2.81. The number of carboxylic acid groups (broad SMARTS) is 1. The molecule has 0 fully saturated rings. The van der Waals surface area contributed by atoms with E-state index in [1.165, 1.54) is 25.0 Å². The summed E-state index contributed by atoms with van der Waals surface area (Å²) in [6.07, 6.45) is 4.52. The second kappa shape index (κ2) is 11.4. The van der Waals surface area contributed by atoms with E-state index in [1.54, 1.807) is 30.3 Å². The second-order valence-electron chi connectivity index (χ2n) is 6.34. The quantitative estimate of drug-likeness (QED) is 0.375. The second-order valence-corrected chi connectivity index (χ2v) is 7.16. The van der Waals surface area contributed by atoms with Gasteiger partial charge in [0.1, 0.15) is 5.75 Å². The highest BCUT2D eigenvalue weighted by atomic mass is 35.5. The topological polar surface area (TPSA) is 87.7 Å². The molecule has 0 heterocycles. The van der Waals surface area contributed by atoms with Crippen LogP contribution in [0.5, 0.6) is 5.75 Å². The van der Waals surface area contributed by atoms with Crippen molar-refractivity contribution in [3.05, 3.63) is 58.6 Å². The highest BCUT2D eigenvalue weighted by Gasteiger charge is 2.12. The van der Waals surface area contributed by atoms with Gasteiger partial charge in [0.2, 0.25) is 0 Å². The van der Waals surface area contributed by atoms with E-state index in [2.05, 4.69) is 17.6 Å². The number of anilines is 1. The van der Waals surface area contributed by atoms with Crippen molar-refractivity contribution in [1.82, 2.24) is 5.32 Å². The van der Waals surface area contributed by atoms with Crippen LogP contribution in [0.3, 0.4) is 0 Å².